The number of aryl methyl sites for hydroxylation is 1. The minimum Gasteiger partial charge on any atom is -0.308 e. The summed E-state index contributed by atoms with van der Waals surface area (Å²) in [7, 11) is 0. The molecule has 0 aromatic heterocycles. The highest BCUT2D eigenvalue weighted by atomic mass is 19.3. The second-order valence-electron chi connectivity index (χ2n) is 4.73. The summed E-state index contributed by atoms with van der Waals surface area (Å²) in [5, 5.41) is 3.39. The lowest BCUT2D eigenvalue weighted by atomic mass is 9.88. The molecule has 1 saturated heterocycles. The predicted octanol–water partition coefficient (Wildman–Crippen LogP) is 3.53. The molecule has 1 nitrogen and oxygen atoms in total. The first-order valence-electron chi connectivity index (χ1n) is 5.67. The summed E-state index contributed by atoms with van der Waals surface area (Å²) < 4.78 is 25.6. The summed E-state index contributed by atoms with van der Waals surface area (Å²) in [6, 6.07) is 5.40. The van der Waals surface area contributed by atoms with Crippen LogP contribution in [-0.2, 0) is 5.54 Å². The molecule has 0 bridgehead atoms. The molecule has 88 valence electrons. The lowest BCUT2D eigenvalue weighted by Gasteiger charge is -2.26. The molecule has 1 aliphatic heterocycles. The molecule has 1 N–H and O–H groups in total. The molecule has 2 rings (SSSR count). The van der Waals surface area contributed by atoms with Gasteiger partial charge in [-0.05, 0) is 50.4 Å². The third-order valence-electron chi connectivity index (χ3n) is 3.52. The van der Waals surface area contributed by atoms with E-state index in [2.05, 4.69) is 12.2 Å². The molecule has 0 spiro atoms. The molecule has 0 amide bonds. The van der Waals surface area contributed by atoms with Gasteiger partial charge in [-0.15, -0.1) is 0 Å². The maximum Gasteiger partial charge on any atom is 0.264 e. The highest BCUT2D eigenvalue weighted by Gasteiger charge is 2.30. The summed E-state index contributed by atoms with van der Waals surface area (Å²) in [6.07, 6.45) is -0.266. The Morgan fingerprint density at radius 1 is 1.38 bits per heavy atom. The van der Waals surface area contributed by atoms with E-state index in [1.165, 1.54) is 0 Å². The Bertz CT molecular complexity index is 382. The van der Waals surface area contributed by atoms with Crippen LogP contribution in [0.15, 0.2) is 18.2 Å². The average molecular weight is 225 g/mol. The average Bonchev–Trinajstić information content (AvgIpc) is 2.66. The van der Waals surface area contributed by atoms with Gasteiger partial charge in [-0.1, -0.05) is 12.1 Å². The van der Waals surface area contributed by atoms with E-state index < -0.39 is 6.43 Å². The van der Waals surface area contributed by atoms with Crippen molar-refractivity contribution in [1.29, 1.82) is 0 Å². The molecule has 1 unspecified atom stereocenters. The number of benzene rings is 1. The number of halogens is 2. The van der Waals surface area contributed by atoms with Crippen LogP contribution < -0.4 is 5.32 Å². The first kappa shape index (κ1) is 11.5. The molecule has 1 atom stereocenters. The molecule has 3 heteroatoms. The molecule has 1 aromatic carbocycles. The van der Waals surface area contributed by atoms with Gasteiger partial charge in [0.05, 0.1) is 0 Å². The van der Waals surface area contributed by atoms with E-state index in [9.17, 15) is 8.78 Å². The summed E-state index contributed by atoms with van der Waals surface area (Å²) in [5.74, 6) is 0. The quantitative estimate of drug-likeness (QED) is 0.811. The highest BCUT2D eigenvalue weighted by Crippen LogP contribution is 2.33. The lowest BCUT2D eigenvalue weighted by molar-refractivity contribution is 0.150. The van der Waals surface area contributed by atoms with Crippen LogP contribution in [0.25, 0.3) is 0 Å². The molecule has 1 heterocycles. The highest BCUT2D eigenvalue weighted by molar-refractivity contribution is 5.36. The Morgan fingerprint density at radius 3 is 2.69 bits per heavy atom. The van der Waals surface area contributed by atoms with E-state index in [4.69, 9.17) is 0 Å². The third-order valence-corrected chi connectivity index (χ3v) is 3.52. The molecule has 0 aliphatic carbocycles. The fourth-order valence-electron chi connectivity index (χ4n) is 2.36. The van der Waals surface area contributed by atoms with Crippen molar-refractivity contribution in [2.75, 3.05) is 6.54 Å². The van der Waals surface area contributed by atoms with Crippen molar-refractivity contribution < 1.29 is 8.78 Å². The van der Waals surface area contributed by atoms with Gasteiger partial charge in [0.1, 0.15) is 0 Å². The van der Waals surface area contributed by atoms with Crippen LogP contribution in [-0.4, -0.2) is 6.54 Å². The van der Waals surface area contributed by atoms with Crippen LogP contribution in [0.4, 0.5) is 8.78 Å². The van der Waals surface area contributed by atoms with Crippen molar-refractivity contribution in [2.45, 2.75) is 38.7 Å². The zero-order valence-corrected chi connectivity index (χ0v) is 9.69. The topological polar surface area (TPSA) is 12.0 Å². The number of rotatable bonds is 2. The molecular weight excluding hydrogens is 208 g/mol. The molecule has 1 aromatic rings. The zero-order chi connectivity index (χ0) is 11.8. The normalized spacial score (nSPS) is 25.3. The summed E-state index contributed by atoms with van der Waals surface area (Å²) in [6.45, 7) is 4.78. The van der Waals surface area contributed by atoms with Gasteiger partial charge in [0, 0.05) is 11.1 Å². The van der Waals surface area contributed by atoms with Crippen molar-refractivity contribution in [3.05, 3.63) is 34.9 Å². The molecule has 16 heavy (non-hydrogen) atoms. The standard InChI is InChI=1S/C13H17F2N/c1-9-4-5-10(8-11(9)12(14)15)13(2)6-3-7-16-13/h4-5,8,12,16H,3,6-7H2,1-2H3. The van der Waals surface area contributed by atoms with Crippen molar-refractivity contribution >= 4 is 0 Å². The van der Waals surface area contributed by atoms with E-state index in [0.29, 0.717) is 5.56 Å². The smallest absolute Gasteiger partial charge is 0.264 e. The van der Waals surface area contributed by atoms with E-state index in [0.717, 1.165) is 24.9 Å². The predicted molar refractivity (Wildman–Crippen MR) is 60.7 cm³/mol. The number of nitrogens with one attached hydrogen (secondary N) is 1. The second kappa shape index (κ2) is 4.13. The summed E-state index contributed by atoms with van der Waals surface area (Å²) >= 11 is 0. The van der Waals surface area contributed by atoms with Gasteiger partial charge in [0.25, 0.3) is 6.43 Å². The maximum absolute atomic E-state index is 12.8. The van der Waals surface area contributed by atoms with Crippen molar-refractivity contribution in [3.8, 4) is 0 Å². The lowest BCUT2D eigenvalue weighted by Crippen LogP contribution is -2.33. The van der Waals surface area contributed by atoms with E-state index >= 15 is 0 Å². The van der Waals surface area contributed by atoms with E-state index in [1.807, 2.05) is 6.07 Å². The van der Waals surface area contributed by atoms with Gasteiger partial charge >= 0.3 is 0 Å². The first-order valence-corrected chi connectivity index (χ1v) is 5.67. The third kappa shape index (κ3) is 1.96. The Hall–Kier alpha value is -0.960. The minimum atomic E-state index is -2.38. The van der Waals surface area contributed by atoms with Crippen LogP contribution >= 0.6 is 0 Å². The Labute approximate surface area is 94.9 Å². The van der Waals surface area contributed by atoms with Gasteiger partial charge in [-0.2, -0.15) is 0 Å². The van der Waals surface area contributed by atoms with Crippen molar-refractivity contribution in [2.24, 2.45) is 0 Å². The monoisotopic (exact) mass is 225 g/mol. The van der Waals surface area contributed by atoms with Gasteiger partial charge in [-0.25, -0.2) is 8.78 Å². The Kier molecular flexibility index (Phi) is 2.98. The largest absolute Gasteiger partial charge is 0.308 e. The number of hydrogen-bond donors (Lipinski definition) is 1. The van der Waals surface area contributed by atoms with E-state index in [-0.39, 0.29) is 11.1 Å². The molecule has 0 radical (unpaired) electrons. The molecule has 1 aliphatic rings. The van der Waals surface area contributed by atoms with E-state index in [1.54, 1.807) is 19.1 Å². The molecule has 0 saturated carbocycles. The number of alkyl halides is 2. The van der Waals surface area contributed by atoms with Crippen molar-refractivity contribution in [1.82, 2.24) is 5.32 Å². The SMILES string of the molecule is Cc1ccc(C2(C)CCCN2)cc1C(F)F. The van der Waals surface area contributed by atoms with Crippen LogP contribution in [0, 0.1) is 6.92 Å². The second-order valence-corrected chi connectivity index (χ2v) is 4.73. The van der Waals surface area contributed by atoms with Gasteiger partial charge < -0.3 is 5.32 Å². The van der Waals surface area contributed by atoms with Crippen LogP contribution in [0.1, 0.15) is 42.9 Å². The van der Waals surface area contributed by atoms with Crippen LogP contribution in [0.3, 0.4) is 0 Å². The maximum atomic E-state index is 12.8. The zero-order valence-electron chi connectivity index (χ0n) is 9.69. The molecule has 1 fully saturated rings. The minimum absolute atomic E-state index is 0.128. The van der Waals surface area contributed by atoms with Gasteiger partial charge in [-0.3, -0.25) is 0 Å². The van der Waals surface area contributed by atoms with Gasteiger partial charge in [0.15, 0.2) is 0 Å². The van der Waals surface area contributed by atoms with Crippen molar-refractivity contribution in [3.63, 3.8) is 0 Å². The van der Waals surface area contributed by atoms with Crippen LogP contribution in [0.2, 0.25) is 0 Å². The molecular formula is C13H17F2N. The van der Waals surface area contributed by atoms with Gasteiger partial charge in [0.2, 0.25) is 0 Å². The number of hydrogen-bond acceptors (Lipinski definition) is 1. The fourth-order valence-corrected chi connectivity index (χ4v) is 2.36. The Morgan fingerprint density at radius 2 is 2.12 bits per heavy atom. The first-order chi connectivity index (χ1) is 7.53. The summed E-state index contributed by atoms with van der Waals surface area (Å²) in [5.41, 5.74) is 1.68. The van der Waals surface area contributed by atoms with Crippen LogP contribution in [0.5, 0.6) is 0 Å². The Balaban J connectivity index is 2.39. The fraction of sp³-hybridized carbons (Fsp3) is 0.538. The summed E-state index contributed by atoms with van der Waals surface area (Å²) in [4.78, 5) is 0.